The number of unbranched alkanes of at least 4 members (excludes halogenated alkanes) is 20. The summed E-state index contributed by atoms with van der Waals surface area (Å²) >= 11 is 0. The lowest BCUT2D eigenvalue weighted by atomic mass is 10.0. The molecule has 0 fully saturated rings. The molecule has 10 heteroatoms. The molecule has 71 heavy (non-hydrogen) atoms. The number of phosphoric acid groups is 1. The molecule has 0 aliphatic heterocycles. The molecule has 0 saturated carbocycles. The molecule has 0 radical (unpaired) electrons. The Morgan fingerprint density at radius 2 is 0.915 bits per heavy atom. The van der Waals surface area contributed by atoms with Gasteiger partial charge in [0.05, 0.1) is 33.8 Å². The highest BCUT2D eigenvalue weighted by molar-refractivity contribution is 7.47. The number of rotatable bonds is 50. The minimum atomic E-state index is -4.46. The highest BCUT2D eigenvalue weighted by Gasteiger charge is 2.30. The summed E-state index contributed by atoms with van der Waals surface area (Å²) in [4.78, 5) is 37.5. The molecule has 1 amide bonds. The van der Waals surface area contributed by atoms with Gasteiger partial charge in [0.25, 0.3) is 0 Å². The van der Waals surface area contributed by atoms with Gasteiger partial charge in [-0.05, 0) is 102 Å². The first kappa shape index (κ1) is 67.9. The number of nitrogens with zero attached hydrogens (tertiary/aromatic N) is 1. The maximum Gasteiger partial charge on any atom is 0.472 e. The maximum absolute atomic E-state index is 13.5. The van der Waals surface area contributed by atoms with Crippen molar-refractivity contribution in [3.05, 3.63) is 97.2 Å². The lowest BCUT2D eigenvalue weighted by Gasteiger charge is -2.27. The van der Waals surface area contributed by atoms with Crippen LogP contribution in [-0.4, -0.2) is 74.3 Å². The summed E-state index contributed by atoms with van der Waals surface area (Å²) in [6.07, 6.45) is 66.9. The number of phosphoric ester groups is 1. The monoisotopic (exact) mass is 1010 g/mol. The number of esters is 1. The van der Waals surface area contributed by atoms with Crippen LogP contribution >= 0.6 is 7.82 Å². The van der Waals surface area contributed by atoms with Crippen molar-refractivity contribution >= 4 is 19.7 Å². The Kier molecular flexibility index (Phi) is 48.3. The van der Waals surface area contributed by atoms with Gasteiger partial charge in [-0.1, -0.05) is 208 Å². The van der Waals surface area contributed by atoms with Crippen LogP contribution in [0.2, 0.25) is 0 Å². The smallest absolute Gasteiger partial charge is 0.456 e. The van der Waals surface area contributed by atoms with E-state index in [1.807, 2.05) is 33.3 Å². The molecule has 0 bridgehead atoms. The Labute approximate surface area is 437 Å². The van der Waals surface area contributed by atoms with Crippen molar-refractivity contribution in [2.24, 2.45) is 0 Å². The van der Waals surface area contributed by atoms with Crippen LogP contribution in [0.25, 0.3) is 0 Å². The number of nitrogens with one attached hydrogen (secondary N) is 1. The number of quaternary nitrogens is 1. The predicted molar refractivity (Wildman–Crippen MR) is 304 cm³/mol. The molecule has 0 heterocycles. The molecule has 0 aromatic rings. The van der Waals surface area contributed by atoms with E-state index in [2.05, 4.69) is 111 Å². The summed E-state index contributed by atoms with van der Waals surface area (Å²) in [6.45, 7) is 6.80. The maximum atomic E-state index is 13.5. The fourth-order valence-electron chi connectivity index (χ4n) is 7.57. The number of amides is 1. The number of likely N-dealkylation sites (N-methyl/N-ethyl adjacent to an activating group) is 1. The zero-order chi connectivity index (χ0) is 52.2. The average molecular weight is 1010 g/mol. The van der Waals surface area contributed by atoms with Gasteiger partial charge in [-0.2, -0.15) is 0 Å². The van der Waals surface area contributed by atoms with Gasteiger partial charge in [0.15, 0.2) is 0 Å². The van der Waals surface area contributed by atoms with E-state index in [1.54, 1.807) is 0 Å². The van der Waals surface area contributed by atoms with Crippen molar-refractivity contribution in [3.8, 4) is 0 Å². The molecule has 3 atom stereocenters. The van der Waals surface area contributed by atoms with Crippen molar-refractivity contribution in [2.45, 2.75) is 238 Å². The Hall–Kier alpha value is -3.07. The van der Waals surface area contributed by atoms with Crippen LogP contribution in [0.3, 0.4) is 0 Å². The molecule has 0 aromatic heterocycles. The molecule has 9 nitrogen and oxygen atoms in total. The van der Waals surface area contributed by atoms with Gasteiger partial charge in [0, 0.05) is 12.8 Å². The first-order chi connectivity index (χ1) is 34.4. The molecule has 2 N–H and O–H groups in total. The zero-order valence-electron chi connectivity index (χ0n) is 46.4. The first-order valence-corrected chi connectivity index (χ1v) is 30.1. The normalized spacial score (nSPS) is 14.5. The molecule has 0 saturated heterocycles. The van der Waals surface area contributed by atoms with Crippen LogP contribution < -0.4 is 5.32 Å². The van der Waals surface area contributed by atoms with Crippen molar-refractivity contribution < 1.29 is 37.3 Å². The number of allylic oxidation sites excluding steroid dienone is 15. The van der Waals surface area contributed by atoms with Crippen molar-refractivity contribution in [1.82, 2.24) is 5.32 Å². The standard InChI is InChI=1S/C61H107N2O7P/c1-7-10-13-16-19-22-25-27-28-29-30-31-32-33-34-36-39-41-44-47-50-53-60(64)62-58(57-69-71(66,67)68-56-55-63(4,5)6)59(52-49-46-43-40-38-35-26-23-20-17-14-11-8-2)70-61(65)54-51-48-45-42-37-24-21-18-15-12-9-3/h10,13,18-19,21-22,27-28,30-31,33-34,39,41,49,52,58-59H,7-9,11-12,14-17,20,23-26,29,32,35-38,40,42-48,50-51,53-57H2,1-6H3,(H-,62,64,66,67)/p+1/b13-10-,21-18-,22-19-,28-27-,31-30-,34-33-,41-39-,52-49+. The van der Waals surface area contributed by atoms with E-state index in [9.17, 15) is 19.0 Å². The third-order valence-corrected chi connectivity index (χ3v) is 13.0. The predicted octanol–water partition coefficient (Wildman–Crippen LogP) is 17.2. The SMILES string of the molecule is CC/C=C\C/C=C\C/C=C\C/C=C\C/C=C\C/C=C\CCCCC(=O)NC(COP(=O)(O)OCC[N+](C)(C)C)C(/C=C/CCCCCCCCCCCCC)OC(=O)CCCCCCC/C=C\CCCC. The van der Waals surface area contributed by atoms with E-state index in [1.165, 1.54) is 70.6 Å². The molecule has 408 valence electrons. The van der Waals surface area contributed by atoms with Gasteiger partial charge in [-0.25, -0.2) is 4.57 Å². The van der Waals surface area contributed by atoms with Crippen LogP contribution in [0.5, 0.6) is 0 Å². The Morgan fingerprint density at radius 3 is 1.42 bits per heavy atom. The third kappa shape index (κ3) is 51.6. The topological polar surface area (TPSA) is 111 Å². The van der Waals surface area contributed by atoms with Gasteiger partial charge < -0.3 is 19.4 Å². The van der Waals surface area contributed by atoms with Crippen molar-refractivity contribution in [2.75, 3.05) is 40.9 Å². The van der Waals surface area contributed by atoms with Crippen LogP contribution in [0.15, 0.2) is 97.2 Å². The largest absolute Gasteiger partial charge is 0.472 e. The van der Waals surface area contributed by atoms with E-state index >= 15 is 0 Å². The number of carbonyl (C=O) groups is 2. The summed E-state index contributed by atoms with van der Waals surface area (Å²) < 4.78 is 30.5. The number of carbonyl (C=O) groups excluding carboxylic acids is 2. The minimum absolute atomic E-state index is 0.0258. The number of hydrogen-bond acceptors (Lipinski definition) is 6. The molecular weight excluding hydrogens is 904 g/mol. The van der Waals surface area contributed by atoms with Gasteiger partial charge in [-0.15, -0.1) is 0 Å². The van der Waals surface area contributed by atoms with Crippen LogP contribution in [0.1, 0.15) is 226 Å². The minimum Gasteiger partial charge on any atom is -0.456 e. The highest BCUT2D eigenvalue weighted by atomic mass is 31.2. The molecular formula is C61H108N2O7P+. The second kappa shape index (κ2) is 50.5. The van der Waals surface area contributed by atoms with E-state index in [0.717, 1.165) is 116 Å². The second-order valence-electron chi connectivity index (χ2n) is 20.1. The lowest BCUT2D eigenvalue weighted by Crippen LogP contribution is -2.47. The van der Waals surface area contributed by atoms with Crippen LogP contribution in [0, 0.1) is 0 Å². The van der Waals surface area contributed by atoms with Crippen molar-refractivity contribution in [1.29, 1.82) is 0 Å². The fourth-order valence-corrected chi connectivity index (χ4v) is 8.31. The lowest BCUT2D eigenvalue weighted by molar-refractivity contribution is -0.870. The van der Waals surface area contributed by atoms with Crippen LogP contribution in [0.4, 0.5) is 0 Å². The molecule has 0 rings (SSSR count). The quantitative estimate of drug-likeness (QED) is 0.0205. The van der Waals surface area contributed by atoms with E-state index < -0.39 is 20.0 Å². The molecule has 0 aromatic carbocycles. The molecule has 0 aliphatic rings. The number of hydrogen-bond donors (Lipinski definition) is 2. The first-order valence-electron chi connectivity index (χ1n) is 28.6. The summed E-state index contributed by atoms with van der Waals surface area (Å²) in [6, 6.07) is -0.878. The Morgan fingerprint density at radius 1 is 0.507 bits per heavy atom. The van der Waals surface area contributed by atoms with Gasteiger partial charge in [0.2, 0.25) is 5.91 Å². The van der Waals surface area contributed by atoms with Crippen molar-refractivity contribution in [3.63, 3.8) is 0 Å². The summed E-state index contributed by atoms with van der Waals surface area (Å²) in [5.74, 6) is -0.574. The fraction of sp³-hybridized carbons (Fsp3) is 0.705. The summed E-state index contributed by atoms with van der Waals surface area (Å²) in [7, 11) is 1.45. The Bertz CT molecular complexity index is 1540. The molecule has 3 unspecified atom stereocenters. The van der Waals surface area contributed by atoms with Gasteiger partial charge >= 0.3 is 13.8 Å². The van der Waals surface area contributed by atoms with E-state index in [-0.39, 0.29) is 37.9 Å². The summed E-state index contributed by atoms with van der Waals surface area (Å²) in [5.41, 5.74) is 0. The van der Waals surface area contributed by atoms with E-state index in [4.69, 9.17) is 13.8 Å². The van der Waals surface area contributed by atoms with Gasteiger partial charge in [0.1, 0.15) is 19.3 Å². The molecule has 0 aliphatic carbocycles. The second-order valence-corrected chi connectivity index (χ2v) is 21.5. The van der Waals surface area contributed by atoms with Crippen LogP contribution in [-0.2, 0) is 27.9 Å². The van der Waals surface area contributed by atoms with Gasteiger partial charge in [-0.3, -0.25) is 18.6 Å². The third-order valence-electron chi connectivity index (χ3n) is 12.0. The zero-order valence-corrected chi connectivity index (χ0v) is 47.3. The average Bonchev–Trinajstić information content (AvgIpc) is 3.33. The number of ether oxygens (including phenoxy) is 1. The summed E-state index contributed by atoms with van der Waals surface area (Å²) in [5, 5.41) is 3.02. The molecule has 0 spiro atoms. The highest BCUT2D eigenvalue weighted by Crippen LogP contribution is 2.43. The Balaban J connectivity index is 5.41. The van der Waals surface area contributed by atoms with E-state index in [0.29, 0.717) is 17.4 Å².